The van der Waals surface area contributed by atoms with Gasteiger partial charge in [-0.1, -0.05) is 19.9 Å². The van der Waals surface area contributed by atoms with Gasteiger partial charge in [0.1, 0.15) is 0 Å². The van der Waals surface area contributed by atoms with Crippen LogP contribution >= 0.6 is 0 Å². The monoisotopic (exact) mass is 282 g/mol. The molecule has 1 heterocycles. The smallest absolute Gasteiger partial charge is 0.235 e. The van der Waals surface area contributed by atoms with Crippen molar-refractivity contribution >= 4 is 21.4 Å². The maximum atomic E-state index is 12.4. The first-order valence-corrected chi connectivity index (χ1v) is 8.40. The molecule has 106 valence electrons. The van der Waals surface area contributed by atoms with E-state index in [0.717, 1.165) is 24.1 Å². The molecule has 2 N–H and O–H groups in total. The highest BCUT2D eigenvalue weighted by molar-refractivity contribution is 7.92. The molecule has 0 spiro atoms. The summed E-state index contributed by atoms with van der Waals surface area (Å²) in [4.78, 5) is 0. The quantitative estimate of drug-likeness (QED) is 0.862. The summed E-state index contributed by atoms with van der Waals surface area (Å²) in [6, 6.07) is 5.55. The molecule has 0 radical (unpaired) electrons. The Morgan fingerprint density at radius 2 is 2.11 bits per heavy atom. The van der Waals surface area contributed by atoms with E-state index in [-0.39, 0.29) is 5.75 Å². The Balaban J connectivity index is 2.30. The van der Waals surface area contributed by atoms with Crippen molar-refractivity contribution in [3.8, 4) is 0 Å². The third-order valence-corrected chi connectivity index (χ3v) is 5.28. The Bertz CT molecular complexity index is 553. The van der Waals surface area contributed by atoms with E-state index in [2.05, 4.69) is 0 Å². The molecule has 1 aromatic rings. The Labute approximate surface area is 115 Å². The van der Waals surface area contributed by atoms with Gasteiger partial charge in [-0.2, -0.15) is 0 Å². The van der Waals surface area contributed by atoms with Crippen LogP contribution in [0.5, 0.6) is 0 Å². The molecular weight excluding hydrogens is 260 g/mol. The Morgan fingerprint density at radius 3 is 2.79 bits per heavy atom. The maximum Gasteiger partial charge on any atom is 0.235 e. The SMILES string of the molecule is CC(C)CCS(=O)(=O)N1CCCc2ccc(N)cc21. The molecule has 1 aliphatic heterocycles. The minimum absolute atomic E-state index is 0.207. The average molecular weight is 282 g/mol. The predicted octanol–water partition coefficient (Wildman–Crippen LogP) is 2.40. The summed E-state index contributed by atoms with van der Waals surface area (Å²) in [5, 5.41) is 0. The standard InChI is InChI=1S/C14H22N2O2S/c1-11(2)7-9-19(17,18)16-8-3-4-12-5-6-13(15)10-14(12)16/h5-6,10-11H,3-4,7-9,15H2,1-2H3. The zero-order valence-corrected chi connectivity index (χ0v) is 12.4. The Hall–Kier alpha value is -1.23. The van der Waals surface area contributed by atoms with Crippen LogP contribution in [0.1, 0.15) is 32.3 Å². The van der Waals surface area contributed by atoms with Crippen LogP contribution in [0.4, 0.5) is 11.4 Å². The molecule has 0 saturated carbocycles. The van der Waals surface area contributed by atoms with Crippen molar-refractivity contribution in [3.63, 3.8) is 0 Å². The van der Waals surface area contributed by atoms with E-state index in [1.54, 1.807) is 10.4 Å². The molecule has 19 heavy (non-hydrogen) atoms. The first-order chi connectivity index (χ1) is 8.90. The fourth-order valence-electron chi connectivity index (χ4n) is 2.34. The summed E-state index contributed by atoms with van der Waals surface area (Å²) in [6.45, 7) is 4.65. The van der Waals surface area contributed by atoms with E-state index in [0.29, 0.717) is 24.6 Å². The molecule has 0 saturated heterocycles. The van der Waals surface area contributed by atoms with E-state index in [4.69, 9.17) is 5.73 Å². The molecule has 1 aliphatic rings. The van der Waals surface area contributed by atoms with Crippen molar-refractivity contribution in [2.45, 2.75) is 33.1 Å². The second-order valence-electron chi connectivity index (χ2n) is 5.56. The summed E-state index contributed by atoms with van der Waals surface area (Å²) < 4.78 is 26.4. The minimum atomic E-state index is -3.23. The fraction of sp³-hybridized carbons (Fsp3) is 0.571. The summed E-state index contributed by atoms with van der Waals surface area (Å²) in [7, 11) is -3.23. The molecule has 0 aliphatic carbocycles. The largest absolute Gasteiger partial charge is 0.399 e. The van der Waals surface area contributed by atoms with Gasteiger partial charge in [0.25, 0.3) is 0 Å². The number of nitrogens with zero attached hydrogens (tertiary/aromatic N) is 1. The number of benzene rings is 1. The van der Waals surface area contributed by atoms with Gasteiger partial charge in [-0.15, -0.1) is 0 Å². The van der Waals surface area contributed by atoms with E-state index < -0.39 is 10.0 Å². The second kappa shape index (κ2) is 5.41. The van der Waals surface area contributed by atoms with Gasteiger partial charge in [-0.3, -0.25) is 4.31 Å². The van der Waals surface area contributed by atoms with Crippen molar-refractivity contribution in [1.29, 1.82) is 0 Å². The molecule has 0 atom stereocenters. The van der Waals surface area contributed by atoms with Crippen molar-refractivity contribution in [1.82, 2.24) is 0 Å². The second-order valence-corrected chi connectivity index (χ2v) is 7.58. The Kier molecular flexibility index (Phi) is 4.04. The number of aryl methyl sites for hydroxylation is 1. The van der Waals surface area contributed by atoms with Crippen LogP contribution in [0.3, 0.4) is 0 Å². The predicted molar refractivity (Wildman–Crippen MR) is 79.8 cm³/mol. The molecule has 2 rings (SSSR count). The third-order valence-electron chi connectivity index (χ3n) is 3.47. The Morgan fingerprint density at radius 1 is 1.37 bits per heavy atom. The fourth-order valence-corrected chi connectivity index (χ4v) is 4.21. The van der Waals surface area contributed by atoms with Gasteiger partial charge in [0, 0.05) is 12.2 Å². The van der Waals surface area contributed by atoms with Gasteiger partial charge >= 0.3 is 0 Å². The van der Waals surface area contributed by atoms with Gasteiger partial charge in [-0.05, 0) is 42.9 Å². The summed E-state index contributed by atoms with van der Waals surface area (Å²) in [5.74, 6) is 0.596. The highest BCUT2D eigenvalue weighted by atomic mass is 32.2. The van der Waals surface area contributed by atoms with Crippen LogP contribution in [-0.2, 0) is 16.4 Å². The maximum absolute atomic E-state index is 12.4. The van der Waals surface area contributed by atoms with Gasteiger partial charge in [-0.25, -0.2) is 8.42 Å². The van der Waals surface area contributed by atoms with Crippen LogP contribution in [0.25, 0.3) is 0 Å². The highest BCUT2D eigenvalue weighted by Gasteiger charge is 2.27. The molecular formula is C14H22N2O2S. The van der Waals surface area contributed by atoms with Crippen LogP contribution in [0.15, 0.2) is 18.2 Å². The lowest BCUT2D eigenvalue weighted by Gasteiger charge is -2.31. The molecule has 5 heteroatoms. The molecule has 4 nitrogen and oxygen atoms in total. The molecule has 0 unspecified atom stereocenters. The zero-order valence-electron chi connectivity index (χ0n) is 11.6. The highest BCUT2D eigenvalue weighted by Crippen LogP contribution is 2.31. The van der Waals surface area contributed by atoms with Crippen molar-refractivity contribution in [2.75, 3.05) is 22.3 Å². The van der Waals surface area contributed by atoms with Crippen LogP contribution < -0.4 is 10.0 Å². The van der Waals surface area contributed by atoms with E-state index in [1.165, 1.54) is 0 Å². The number of nitrogen functional groups attached to an aromatic ring is 1. The third kappa shape index (κ3) is 3.21. The normalized spacial score (nSPS) is 15.6. The van der Waals surface area contributed by atoms with Gasteiger partial charge in [0.15, 0.2) is 0 Å². The zero-order chi connectivity index (χ0) is 14.0. The number of nitrogens with two attached hydrogens (primary N) is 1. The van der Waals surface area contributed by atoms with E-state index >= 15 is 0 Å². The number of rotatable bonds is 4. The van der Waals surface area contributed by atoms with E-state index in [1.807, 2.05) is 26.0 Å². The number of anilines is 2. The van der Waals surface area contributed by atoms with Gasteiger partial charge in [0.2, 0.25) is 10.0 Å². The molecule has 1 aromatic carbocycles. The summed E-state index contributed by atoms with van der Waals surface area (Å²) in [5.41, 5.74) is 8.25. The van der Waals surface area contributed by atoms with Crippen LogP contribution in [0.2, 0.25) is 0 Å². The summed E-state index contributed by atoms with van der Waals surface area (Å²) in [6.07, 6.45) is 2.49. The molecule has 0 fully saturated rings. The summed E-state index contributed by atoms with van der Waals surface area (Å²) >= 11 is 0. The lowest BCUT2D eigenvalue weighted by molar-refractivity contribution is 0.566. The van der Waals surface area contributed by atoms with Crippen molar-refractivity contribution in [3.05, 3.63) is 23.8 Å². The first kappa shape index (κ1) is 14.2. The topological polar surface area (TPSA) is 63.4 Å². The van der Waals surface area contributed by atoms with Crippen LogP contribution in [-0.4, -0.2) is 20.7 Å². The first-order valence-electron chi connectivity index (χ1n) is 6.79. The lowest BCUT2D eigenvalue weighted by atomic mass is 10.0. The molecule has 0 amide bonds. The number of sulfonamides is 1. The van der Waals surface area contributed by atoms with Crippen molar-refractivity contribution in [2.24, 2.45) is 5.92 Å². The van der Waals surface area contributed by atoms with Crippen LogP contribution in [0, 0.1) is 5.92 Å². The number of hydrogen-bond donors (Lipinski definition) is 1. The van der Waals surface area contributed by atoms with Gasteiger partial charge in [0.05, 0.1) is 11.4 Å². The number of hydrogen-bond acceptors (Lipinski definition) is 3. The minimum Gasteiger partial charge on any atom is -0.399 e. The lowest BCUT2D eigenvalue weighted by Crippen LogP contribution is -2.37. The average Bonchev–Trinajstić information content (AvgIpc) is 2.35. The molecule has 0 aromatic heterocycles. The van der Waals surface area contributed by atoms with Gasteiger partial charge < -0.3 is 5.73 Å². The number of fused-ring (bicyclic) bond motifs is 1. The van der Waals surface area contributed by atoms with E-state index in [9.17, 15) is 8.42 Å². The van der Waals surface area contributed by atoms with Crippen molar-refractivity contribution < 1.29 is 8.42 Å². The molecule has 0 bridgehead atoms.